The van der Waals surface area contributed by atoms with Gasteiger partial charge >= 0.3 is 11.9 Å². The van der Waals surface area contributed by atoms with Gasteiger partial charge in [0.25, 0.3) is 0 Å². The first-order valence-corrected chi connectivity index (χ1v) is 9.96. The quantitative estimate of drug-likeness (QED) is 0.516. The van der Waals surface area contributed by atoms with Gasteiger partial charge in [0.2, 0.25) is 0 Å². The molecule has 0 spiro atoms. The molecule has 4 nitrogen and oxygen atoms in total. The van der Waals surface area contributed by atoms with E-state index in [2.05, 4.69) is 15.9 Å². The van der Waals surface area contributed by atoms with E-state index in [1.807, 2.05) is 54.6 Å². The standard InChI is InChI=1S/C22H25BrO4/c1-3-26-20(24)14-17(15-21(25)27-4-2)22(16-10-6-5-7-11-16)18-12-8-9-13-19(18)23/h5-13,17,22H,3-4,14-15H2,1-2H3. The lowest BCUT2D eigenvalue weighted by atomic mass is 9.77. The second kappa shape index (κ2) is 10.9. The fraction of sp³-hybridized carbons (Fsp3) is 0.364. The van der Waals surface area contributed by atoms with E-state index in [-0.39, 0.29) is 36.6 Å². The largest absolute Gasteiger partial charge is 0.466 e. The van der Waals surface area contributed by atoms with Crippen molar-refractivity contribution >= 4 is 27.9 Å². The number of esters is 2. The first-order chi connectivity index (χ1) is 13.1. The van der Waals surface area contributed by atoms with Crippen molar-refractivity contribution in [2.45, 2.75) is 32.6 Å². The average Bonchev–Trinajstić information content (AvgIpc) is 2.64. The van der Waals surface area contributed by atoms with Crippen molar-refractivity contribution in [1.82, 2.24) is 0 Å². The molecule has 0 N–H and O–H groups in total. The molecule has 27 heavy (non-hydrogen) atoms. The third kappa shape index (κ3) is 6.21. The van der Waals surface area contributed by atoms with Crippen LogP contribution in [-0.4, -0.2) is 25.2 Å². The predicted octanol–water partition coefficient (Wildman–Crippen LogP) is 5.10. The van der Waals surface area contributed by atoms with Crippen LogP contribution >= 0.6 is 15.9 Å². The lowest BCUT2D eigenvalue weighted by molar-refractivity contribution is -0.147. The Morgan fingerprint density at radius 3 is 1.89 bits per heavy atom. The summed E-state index contributed by atoms with van der Waals surface area (Å²) in [5.74, 6) is -1.03. The van der Waals surface area contributed by atoms with Crippen LogP contribution in [0, 0.1) is 5.92 Å². The summed E-state index contributed by atoms with van der Waals surface area (Å²) in [5, 5.41) is 0. The molecule has 2 aromatic carbocycles. The fourth-order valence-electron chi connectivity index (χ4n) is 3.27. The Kier molecular flexibility index (Phi) is 8.52. The Morgan fingerprint density at radius 1 is 0.852 bits per heavy atom. The van der Waals surface area contributed by atoms with E-state index in [0.29, 0.717) is 13.2 Å². The second-order valence-corrected chi connectivity index (χ2v) is 7.04. The lowest BCUT2D eigenvalue weighted by Gasteiger charge is -2.28. The zero-order valence-corrected chi connectivity index (χ0v) is 17.3. The summed E-state index contributed by atoms with van der Waals surface area (Å²) in [6.45, 7) is 4.19. The highest BCUT2D eigenvalue weighted by molar-refractivity contribution is 9.10. The van der Waals surface area contributed by atoms with Gasteiger partial charge in [0.1, 0.15) is 0 Å². The van der Waals surface area contributed by atoms with Crippen LogP contribution in [0.4, 0.5) is 0 Å². The number of hydrogen-bond acceptors (Lipinski definition) is 4. The SMILES string of the molecule is CCOC(=O)CC(CC(=O)OCC)C(c1ccccc1)c1ccccc1Br. The molecule has 2 aromatic rings. The Morgan fingerprint density at radius 2 is 1.37 bits per heavy atom. The van der Waals surface area contributed by atoms with Crippen molar-refractivity contribution in [1.29, 1.82) is 0 Å². The molecule has 0 aliphatic heterocycles. The number of carbonyl (C=O) groups excluding carboxylic acids is 2. The van der Waals surface area contributed by atoms with Crippen LogP contribution < -0.4 is 0 Å². The summed E-state index contributed by atoms with van der Waals surface area (Å²) in [6.07, 6.45) is 0.293. The maximum Gasteiger partial charge on any atom is 0.306 e. The molecule has 0 aliphatic carbocycles. The monoisotopic (exact) mass is 432 g/mol. The van der Waals surface area contributed by atoms with Crippen LogP contribution in [0.1, 0.15) is 43.7 Å². The van der Waals surface area contributed by atoms with E-state index in [1.165, 1.54) is 0 Å². The molecule has 0 radical (unpaired) electrons. The van der Waals surface area contributed by atoms with Gasteiger partial charge in [0.05, 0.1) is 13.2 Å². The molecule has 0 amide bonds. The van der Waals surface area contributed by atoms with Crippen LogP contribution in [0.2, 0.25) is 0 Å². The van der Waals surface area contributed by atoms with E-state index in [4.69, 9.17) is 9.47 Å². The van der Waals surface area contributed by atoms with Crippen molar-refractivity contribution in [2.75, 3.05) is 13.2 Å². The Balaban J connectivity index is 2.46. The molecule has 0 heterocycles. The molecule has 0 aliphatic rings. The average molecular weight is 433 g/mol. The molecular formula is C22H25BrO4. The van der Waals surface area contributed by atoms with Crippen molar-refractivity contribution in [3.05, 3.63) is 70.2 Å². The normalized spacial score (nSPS) is 11.9. The number of halogens is 1. The molecule has 2 rings (SSSR count). The Bertz CT molecular complexity index is 725. The van der Waals surface area contributed by atoms with Crippen molar-refractivity contribution in [3.63, 3.8) is 0 Å². The molecule has 0 aromatic heterocycles. The Labute approximate surface area is 169 Å². The fourth-order valence-corrected chi connectivity index (χ4v) is 3.80. The smallest absolute Gasteiger partial charge is 0.306 e. The molecular weight excluding hydrogens is 408 g/mol. The minimum absolute atomic E-state index is 0.143. The van der Waals surface area contributed by atoms with E-state index in [1.54, 1.807) is 13.8 Å². The first-order valence-electron chi connectivity index (χ1n) is 9.17. The summed E-state index contributed by atoms with van der Waals surface area (Å²) in [5.41, 5.74) is 2.07. The van der Waals surface area contributed by atoms with Crippen LogP contribution in [0.15, 0.2) is 59.1 Å². The molecule has 144 valence electrons. The highest BCUT2D eigenvalue weighted by atomic mass is 79.9. The van der Waals surface area contributed by atoms with Gasteiger partial charge in [0, 0.05) is 23.2 Å². The summed E-state index contributed by atoms with van der Waals surface area (Å²) in [4.78, 5) is 24.5. The van der Waals surface area contributed by atoms with E-state index in [0.717, 1.165) is 15.6 Å². The van der Waals surface area contributed by atoms with Crippen LogP contribution in [0.25, 0.3) is 0 Å². The highest BCUT2D eigenvalue weighted by Gasteiger charge is 2.31. The number of carbonyl (C=O) groups is 2. The Hall–Kier alpha value is -2.14. The van der Waals surface area contributed by atoms with Gasteiger partial charge in [-0.05, 0) is 37.0 Å². The molecule has 1 atom stereocenters. The third-order valence-corrected chi connectivity index (χ3v) is 5.06. The van der Waals surface area contributed by atoms with Gasteiger partial charge in [-0.1, -0.05) is 64.5 Å². The maximum atomic E-state index is 12.3. The number of ether oxygens (including phenoxy) is 2. The number of hydrogen-bond donors (Lipinski definition) is 0. The van der Waals surface area contributed by atoms with Crippen LogP contribution in [-0.2, 0) is 19.1 Å². The van der Waals surface area contributed by atoms with Crippen molar-refractivity contribution in [2.24, 2.45) is 5.92 Å². The maximum absolute atomic E-state index is 12.3. The molecule has 5 heteroatoms. The van der Waals surface area contributed by atoms with Gasteiger partial charge in [0.15, 0.2) is 0 Å². The van der Waals surface area contributed by atoms with E-state index in [9.17, 15) is 9.59 Å². The number of rotatable bonds is 9. The van der Waals surface area contributed by atoms with Gasteiger partial charge in [-0.25, -0.2) is 0 Å². The summed E-state index contributed by atoms with van der Waals surface area (Å²) in [6, 6.07) is 17.8. The molecule has 0 bridgehead atoms. The minimum Gasteiger partial charge on any atom is -0.466 e. The molecule has 1 unspecified atom stereocenters. The van der Waals surface area contributed by atoms with Crippen molar-refractivity contribution in [3.8, 4) is 0 Å². The topological polar surface area (TPSA) is 52.6 Å². The van der Waals surface area contributed by atoms with Crippen LogP contribution in [0.5, 0.6) is 0 Å². The van der Waals surface area contributed by atoms with Gasteiger partial charge in [-0.3, -0.25) is 9.59 Å². The molecule has 0 fully saturated rings. The minimum atomic E-state index is -0.306. The second-order valence-electron chi connectivity index (χ2n) is 6.19. The summed E-state index contributed by atoms with van der Waals surface area (Å²) in [7, 11) is 0. The zero-order valence-electron chi connectivity index (χ0n) is 15.7. The van der Waals surface area contributed by atoms with Crippen molar-refractivity contribution < 1.29 is 19.1 Å². The summed E-state index contributed by atoms with van der Waals surface area (Å²) >= 11 is 3.62. The first kappa shape index (κ1) is 21.2. The van der Waals surface area contributed by atoms with Crippen LogP contribution in [0.3, 0.4) is 0 Å². The van der Waals surface area contributed by atoms with E-state index >= 15 is 0 Å². The highest BCUT2D eigenvalue weighted by Crippen LogP contribution is 2.39. The van der Waals surface area contributed by atoms with Gasteiger partial charge < -0.3 is 9.47 Å². The van der Waals surface area contributed by atoms with Gasteiger partial charge in [-0.15, -0.1) is 0 Å². The van der Waals surface area contributed by atoms with E-state index < -0.39 is 0 Å². The predicted molar refractivity (Wildman–Crippen MR) is 108 cm³/mol. The van der Waals surface area contributed by atoms with Gasteiger partial charge in [-0.2, -0.15) is 0 Å². The number of benzene rings is 2. The zero-order chi connectivity index (χ0) is 19.6. The third-order valence-electron chi connectivity index (χ3n) is 4.34. The molecule has 0 saturated heterocycles. The lowest BCUT2D eigenvalue weighted by Crippen LogP contribution is -2.23. The summed E-state index contributed by atoms with van der Waals surface area (Å²) < 4.78 is 11.3. The molecule has 0 saturated carbocycles.